The average Bonchev–Trinajstić information content (AvgIpc) is 3.09. The fourth-order valence-electron chi connectivity index (χ4n) is 4.58. The van der Waals surface area contributed by atoms with Gasteiger partial charge in [0.15, 0.2) is 0 Å². The van der Waals surface area contributed by atoms with Crippen LogP contribution in [0.25, 0.3) is 0 Å². The van der Waals surface area contributed by atoms with Gasteiger partial charge in [0.1, 0.15) is 0 Å². The molecule has 0 N–H and O–H groups in total. The van der Waals surface area contributed by atoms with E-state index in [0.717, 1.165) is 51.9 Å². The summed E-state index contributed by atoms with van der Waals surface area (Å²) in [6, 6.07) is 1.93. The topological polar surface area (TPSA) is 62.7 Å². The Bertz CT molecular complexity index is 707. The predicted molar refractivity (Wildman–Crippen MR) is 97.0 cm³/mol. The lowest BCUT2D eigenvalue weighted by atomic mass is 9.77. The minimum absolute atomic E-state index is 0.0899. The molecule has 140 valence electrons. The zero-order valence-electron chi connectivity index (χ0n) is 14.8. The molecule has 4 rings (SSSR count). The molecule has 0 aromatic carbocycles. The van der Waals surface area contributed by atoms with Gasteiger partial charge in [-0.2, -0.15) is 0 Å². The van der Waals surface area contributed by atoms with Crippen molar-refractivity contribution in [3.63, 3.8) is 0 Å². The molecular formula is C19H24ClN3O3. The largest absolute Gasteiger partial charge is 0.381 e. The van der Waals surface area contributed by atoms with E-state index in [1.807, 2.05) is 0 Å². The Kier molecular flexibility index (Phi) is 4.88. The Labute approximate surface area is 158 Å². The van der Waals surface area contributed by atoms with Gasteiger partial charge in [-0.25, -0.2) is 0 Å². The third-order valence-electron chi connectivity index (χ3n) is 5.99. The van der Waals surface area contributed by atoms with Crippen LogP contribution in [0.1, 0.15) is 42.5 Å². The Balaban J connectivity index is 1.49. The van der Waals surface area contributed by atoms with Crippen molar-refractivity contribution in [2.75, 3.05) is 32.8 Å². The monoisotopic (exact) mass is 377 g/mol. The summed E-state index contributed by atoms with van der Waals surface area (Å²) < 4.78 is 5.44. The van der Waals surface area contributed by atoms with E-state index in [1.165, 1.54) is 12.4 Å². The lowest BCUT2D eigenvalue weighted by Gasteiger charge is -2.44. The van der Waals surface area contributed by atoms with Gasteiger partial charge in [0.05, 0.1) is 16.0 Å². The van der Waals surface area contributed by atoms with Crippen molar-refractivity contribution < 1.29 is 14.3 Å². The molecule has 1 spiro atoms. The highest BCUT2D eigenvalue weighted by atomic mass is 35.5. The summed E-state index contributed by atoms with van der Waals surface area (Å²) in [5, 5.41) is 0.448. The van der Waals surface area contributed by atoms with Crippen LogP contribution in [0.5, 0.6) is 0 Å². The SMILES string of the molecule is O=C(c1cncc(Cl)c1)N1CCC2(CCCN(C3CCOCC3)C2=O)C1. The third kappa shape index (κ3) is 3.21. The van der Waals surface area contributed by atoms with E-state index in [0.29, 0.717) is 23.7 Å². The molecule has 6 nitrogen and oxygen atoms in total. The summed E-state index contributed by atoms with van der Waals surface area (Å²) in [7, 11) is 0. The molecular weight excluding hydrogens is 354 g/mol. The van der Waals surface area contributed by atoms with Crippen LogP contribution in [0.2, 0.25) is 5.02 Å². The zero-order chi connectivity index (χ0) is 18.1. The van der Waals surface area contributed by atoms with Crippen LogP contribution in [0.15, 0.2) is 18.5 Å². The maximum absolute atomic E-state index is 13.3. The van der Waals surface area contributed by atoms with Gasteiger partial charge in [0.25, 0.3) is 5.91 Å². The number of hydrogen-bond acceptors (Lipinski definition) is 4. The Morgan fingerprint density at radius 3 is 2.81 bits per heavy atom. The van der Waals surface area contributed by atoms with Gasteiger partial charge in [-0.05, 0) is 38.2 Å². The number of piperidine rings is 1. The first kappa shape index (κ1) is 17.7. The van der Waals surface area contributed by atoms with Crippen LogP contribution in [-0.4, -0.2) is 65.5 Å². The number of likely N-dealkylation sites (tertiary alicyclic amines) is 2. The summed E-state index contributed by atoms with van der Waals surface area (Å²) >= 11 is 5.96. The quantitative estimate of drug-likeness (QED) is 0.793. The molecule has 1 aromatic rings. The molecule has 2 amide bonds. The Hall–Kier alpha value is -1.66. The van der Waals surface area contributed by atoms with E-state index in [-0.39, 0.29) is 17.9 Å². The number of carbonyl (C=O) groups excluding carboxylic acids is 2. The number of hydrogen-bond donors (Lipinski definition) is 0. The van der Waals surface area contributed by atoms with Crippen molar-refractivity contribution in [1.82, 2.24) is 14.8 Å². The van der Waals surface area contributed by atoms with Crippen molar-refractivity contribution in [2.45, 2.75) is 38.1 Å². The third-order valence-corrected chi connectivity index (χ3v) is 6.20. The summed E-state index contributed by atoms with van der Waals surface area (Å²) in [6.45, 7) is 3.40. The molecule has 1 aromatic heterocycles. The molecule has 4 heterocycles. The minimum atomic E-state index is -0.418. The number of nitrogens with zero attached hydrogens (tertiary/aromatic N) is 3. The molecule has 3 saturated heterocycles. The molecule has 3 fully saturated rings. The van der Waals surface area contributed by atoms with Gasteiger partial charge in [-0.3, -0.25) is 14.6 Å². The van der Waals surface area contributed by atoms with Gasteiger partial charge >= 0.3 is 0 Å². The number of halogens is 1. The van der Waals surface area contributed by atoms with E-state index < -0.39 is 5.41 Å². The molecule has 0 radical (unpaired) electrons. The Morgan fingerprint density at radius 2 is 2.04 bits per heavy atom. The van der Waals surface area contributed by atoms with Crippen LogP contribution in [-0.2, 0) is 9.53 Å². The Morgan fingerprint density at radius 1 is 1.23 bits per heavy atom. The normalized spacial score (nSPS) is 27.3. The van der Waals surface area contributed by atoms with E-state index in [2.05, 4.69) is 9.88 Å². The maximum Gasteiger partial charge on any atom is 0.255 e. The van der Waals surface area contributed by atoms with Crippen LogP contribution >= 0.6 is 11.6 Å². The molecule has 0 aliphatic carbocycles. The smallest absolute Gasteiger partial charge is 0.255 e. The fourth-order valence-corrected chi connectivity index (χ4v) is 4.76. The highest BCUT2D eigenvalue weighted by Gasteiger charge is 2.50. The number of amides is 2. The minimum Gasteiger partial charge on any atom is -0.381 e. The second kappa shape index (κ2) is 7.16. The van der Waals surface area contributed by atoms with Crippen LogP contribution in [0.4, 0.5) is 0 Å². The number of aromatic nitrogens is 1. The number of ether oxygens (including phenoxy) is 1. The zero-order valence-corrected chi connectivity index (χ0v) is 15.6. The van der Waals surface area contributed by atoms with Gasteiger partial charge < -0.3 is 14.5 Å². The van der Waals surface area contributed by atoms with E-state index >= 15 is 0 Å². The molecule has 26 heavy (non-hydrogen) atoms. The first-order valence-electron chi connectivity index (χ1n) is 9.38. The first-order chi connectivity index (χ1) is 12.6. The number of carbonyl (C=O) groups is 2. The second-order valence-electron chi connectivity index (χ2n) is 7.59. The van der Waals surface area contributed by atoms with Crippen LogP contribution < -0.4 is 0 Å². The molecule has 1 unspecified atom stereocenters. The average molecular weight is 378 g/mol. The number of rotatable bonds is 2. The van der Waals surface area contributed by atoms with Crippen molar-refractivity contribution in [3.05, 3.63) is 29.0 Å². The molecule has 7 heteroatoms. The molecule has 0 saturated carbocycles. The summed E-state index contributed by atoms with van der Waals surface area (Å²) in [5.74, 6) is 0.142. The van der Waals surface area contributed by atoms with Crippen molar-refractivity contribution in [1.29, 1.82) is 0 Å². The lowest BCUT2D eigenvalue weighted by molar-refractivity contribution is -0.150. The van der Waals surface area contributed by atoms with Crippen LogP contribution in [0, 0.1) is 5.41 Å². The summed E-state index contributed by atoms with van der Waals surface area (Å²) in [6.07, 6.45) is 7.49. The number of pyridine rings is 1. The lowest BCUT2D eigenvalue weighted by Crippen LogP contribution is -2.55. The summed E-state index contributed by atoms with van der Waals surface area (Å²) in [4.78, 5) is 34.0. The molecule has 3 aliphatic heterocycles. The van der Waals surface area contributed by atoms with Gasteiger partial charge in [-0.1, -0.05) is 11.6 Å². The first-order valence-corrected chi connectivity index (χ1v) is 9.75. The highest BCUT2D eigenvalue weighted by molar-refractivity contribution is 6.30. The van der Waals surface area contributed by atoms with Gasteiger partial charge in [0.2, 0.25) is 5.91 Å². The predicted octanol–water partition coefficient (Wildman–Crippen LogP) is 2.37. The van der Waals surface area contributed by atoms with Gasteiger partial charge in [0, 0.05) is 51.3 Å². The van der Waals surface area contributed by atoms with Crippen LogP contribution in [0.3, 0.4) is 0 Å². The molecule has 0 bridgehead atoms. The van der Waals surface area contributed by atoms with Gasteiger partial charge in [-0.15, -0.1) is 0 Å². The van der Waals surface area contributed by atoms with Crippen molar-refractivity contribution in [3.8, 4) is 0 Å². The van der Waals surface area contributed by atoms with E-state index in [4.69, 9.17) is 16.3 Å². The second-order valence-corrected chi connectivity index (χ2v) is 8.03. The summed E-state index contributed by atoms with van der Waals surface area (Å²) in [5.41, 5.74) is 0.0668. The maximum atomic E-state index is 13.3. The van der Waals surface area contributed by atoms with E-state index in [9.17, 15) is 9.59 Å². The van der Waals surface area contributed by atoms with Crippen molar-refractivity contribution >= 4 is 23.4 Å². The molecule has 1 atom stereocenters. The highest BCUT2D eigenvalue weighted by Crippen LogP contribution is 2.41. The van der Waals surface area contributed by atoms with E-state index in [1.54, 1.807) is 11.0 Å². The molecule has 3 aliphatic rings. The fraction of sp³-hybridized carbons (Fsp3) is 0.632. The van der Waals surface area contributed by atoms with Crippen molar-refractivity contribution in [2.24, 2.45) is 5.41 Å². The standard InChI is InChI=1S/C19H24ClN3O3/c20-15-10-14(11-21-12-15)17(24)22-7-5-19(13-22)4-1-6-23(18(19)25)16-2-8-26-9-3-16/h10-12,16H,1-9,13H2.